The van der Waals surface area contributed by atoms with Gasteiger partial charge in [0.05, 0.1) is 0 Å². The lowest BCUT2D eigenvalue weighted by Gasteiger charge is -2.33. The molecule has 0 radical (unpaired) electrons. The van der Waals surface area contributed by atoms with Crippen molar-refractivity contribution in [2.24, 2.45) is 5.92 Å². The molecular weight excluding hydrogens is 280 g/mol. The first-order valence-electron chi connectivity index (χ1n) is 8.52. The van der Waals surface area contributed by atoms with E-state index in [1.54, 1.807) is 0 Å². The molecule has 2 nitrogen and oxygen atoms in total. The molecule has 3 rings (SSSR count). The minimum Gasteiger partial charge on any atom is -0.312 e. The van der Waals surface area contributed by atoms with Gasteiger partial charge < -0.3 is 5.32 Å². The Morgan fingerprint density at radius 1 is 1.10 bits per heavy atom. The molecule has 1 saturated heterocycles. The van der Waals surface area contributed by atoms with Crippen LogP contribution >= 0.6 is 11.6 Å². The van der Waals surface area contributed by atoms with Crippen LogP contribution in [0.15, 0.2) is 24.3 Å². The van der Waals surface area contributed by atoms with Crippen LogP contribution in [0.1, 0.15) is 44.1 Å². The lowest BCUT2D eigenvalue weighted by Crippen LogP contribution is -2.43. The predicted octanol–water partition coefficient (Wildman–Crippen LogP) is 4.08. The Labute approximate surface area is 133 Å². The van der Waals surface area contributed by atoms with Crippen LogP contribution in [-0.2, 0) is 6.54 Å². The smallest absolute Gasteiger partial charge is 0.0451 e. The second-order valence-electron chi connectivity index (χ2n) is 6.64. The largest absolute Gasteiger partial charge is 0.312 e. The molecule has 0 bridgehead atoms. The Morgan fingerprint density at radius 3 is 2.71 bits per heavy atom. The zero-order valence-corrected chi connectivity index (χ0v) is 13.6. The lowest BCUT2D eigenvalue weighted by molar-refractivity contribution is 0.201. The van der Waals surface area contributed by atoms with E-state index in [4.69, 9.17) is 11.6 Å². The number of rotatable bonds is 3. The predicted molar refractivity (Wildman–Crippen MR) is 89.7 cm³/mol. The molecule has 1 unspecified atom stereocenters. The highest BCUT2D eigenvalue weighted by Crippen LogP contribution is 2.28. The van der Waals surface area contributed by atoms with Crippen LogP contribution in [0.3, 0.4) is 0 Å². The van der Waals surface area contributed by atoms with E-state index in [1.807, 2.05) is 12.1 Å². The van der Waals surface area contributed by atoms with Gasteiger partial charge in [-0.2, -0.15) is 0 Å². The number of benzene rings is 1. The van der Waals surface area contributed by atoms with E-state index in [2.05, 4.69) is 22.3 Å². The number of nitrogens with one attached hydrogen (secondary N) is 1. The maximum Gasteiger partial charge on any atom is 0.0451 e. The third-order valence-electron chi connectivity index (χ3n) is 5.08. The Balaban J connectivity index is 1.63. The van der Waals surface area contributed by atoms with Gasteiger partial charge in [0.15, 0.2) is 0 Å². The summed E-state index contributed by atoms with van der Waals surface area (Å²) >= 11 is 6.33. The summed E-state index contributed by atoms with van der Waals surface area (Å²) < 4.78 is 0. The molecule has 1 heterocycles. The standard InChI is InChI=1S/C18H27ClN2/c19-17-10-5-4-9-16(17)13-21-12-6-11-20-18(14-21)15-7-2-1-3-8-15/h4-5,9-10,15,18,20H,1-3,6-8,11-14H2. The summed E-state index contributed by atoms with van der Waals surface area (Å²) in [6.45, 7) is 4.52. The summed E-state index contributed by atoms with van der Waals surface area (Å²) in [5, 5.41) is 4.71. The fourth-order valence-electron chi connectivity index (χ4n) is 3.89. The van der Waals surface area contributed by atoms with Gasteiger partial charge in [-0.05, 0) is 49.9 Å². The van der Waals surface area contributed by atoms with Crippen molar-refractivity contribution in [2.45, 2.75) is 51.1 Å². The fraction of sp³-hybridized carbons (Fsp3) is 0.667. The summed E-state index contributed by atoms with van der Waals surface area (Å²) in [6.07, 6.45) is 8.36. The highest BCUT2D eigenvalue weighted by molar-refractivity contribution is 6.31. The molecule has 1 aromatic rings. The molecule has 116 valence electrons. The van der Waals surface area contributed by atoms with Crippen molar-refractivity contribution in [1.82, 2.24) is 10.2 Å². The molecule has 1 aromatic carbocycles. The van der Waals surface area contributed by atoms with E-state index in [9.17, 15) is 0 Å². The maximum absolute atomic E-state index is 6.33. The van der Waals surface area contributed by atoms with E-state index < -0.39 is 0 Å². The van der Waals surface area contributed by atoms with Crippen LogP contribution in [0, 0.1) is 5.92 Å². The van der Waals surface area contributed by atoms with Gasteiger partial charge in [-0.1, -0.05) is 49.1 Å². The average molecular weight is 307 g/mol. The molecule has 1 saturated carbocycles. The Hall–Kier alpha value is -0.570. The van der Waals surface area contributed by atoms with Crippen LogP contribution in [0.4, 0.5) is 0 Å². The monoisotopic (exact) mass is 306 g/mol. The SMILES string of the molecule is Clc1ccccc1CN1CCCNC(C2CCCCC2)C1. The van der Waals surface area contributed by atoms with Crippen LogP contribution < -0.4 is 5.32 Å². The summed E-state index contributed by atoms with van der Waals surface area (Å²) in [5.74, 6) is 0.880. The van der Waals surface area contributed by atoms with Crippen LogP contribution in [0.2, 0.25) is 5.02 Å². The van der Waals surface area contributed by atoms with E-state index in [1.165, 1.54) is 63.7 Å². The van der Waals surface area contributed by atoms with Crippen LogP contribution in [0.5, 0.6) is 0 Å². The molecular formula is C18H27ClN2. The molecule has 3 heteroatoms. The van der Waals surface area contributed by atoms with E-state index in [0.29, 0.717) is 6.04 Å². The summed E-state index contributed by atoms with van der Waals surface area (Å²) in [7, 11) is 0. The molecule has 1 aliphatic carbocycles. The molecule has 0 aromatic heterocycles. The van der Waals surface area contributed by atoms with Crippen LogP contribution in [-0.4, -0.2) is 30.6 Å². The highest BCUT2D eigenvalue weighted by atomic mass is 35.5. The van der Waals surface area contributed by atoms with Crippen molar-refractivity contribution in [3.8, 4) is 0 Å². The minimum absolute atomic E-state index is 0.676. The van der Waals surface area contributed by atoms with E-state index in [-0.39, 0.29) is 0 Å². The highest BCUT2D eigenvalue weighted by Gasteiger charge is 2.26. The molecule has 0 spiro atoms. The van der Waals surface area contributed by atoms with Gasteiger partial charge in [0.2, 0.25) is 0 Å². The van der Waals surface area contributed by atoms with Gasteiger partial charge in [0.1, 0.15) is 0 Å². The van der Waals surface area contributed by atoms with Gasteiger partial charge in [-0.25, -0.2) is 0 Å². The van der Waals surface area contributed by atoms with Crippen molar-refractivity contribution in [2.75, 3.05) is 19.6 Å². The van der Waals surface area contributed by atoms with Gasteiger partial charge in [0.25, 0.3) is 0 Å². The Morgan fingerprint density at radius 2 is 1.90 bits per heavy atom. The van der Waals surface area contributed by atoms with Gasteiger partial charge in [-0.15, -0.1) is 0 Å². The number of hydrogen-bond donors (Lipinski definition) is 1. The van der Waals surface area contributed by atoms with Crippen molar-refractivity contribution >= 4 is 11.6 Å². The first-order chi connectivity index (χ1) is 10.3. The number of halogens is 1. The lowest BCUT2D eigenvalue weighted by atomic mass is 9.83. The molecule has 21 heavy (non-hydrogen) atoms. The zero-order valence-electron chi connectivity index (χ0n) is 12.9. The maximum atomic E-state index is 6.33. The molecule has 1 atom stereocenters. The van der Waals surface area contributed by atoms with E-state index in [0.717, 1.165) is 17.5 Å². The normalized spacial score (nSPS) is 25.7. The average Bonchev–Trinajstić information content (AvgIpc) is 2.76. The Bertz CT molecular complexity index is 443. The third kappa shape index (κ3) is 4.21. The summed E-state index contributed by atoms with van der Waals surface area (Å²) in [5.41, 5.74) is 1.27. The van der Waals surface area contributed by atoms with Gasteiger partial charge in [0, 0.05) is 24.2 Å². The molecule has 0 amide bonds. The minimum atomic E-state index is 0.676. The third-order valence-corrected chi connectivity index (χ3v) is 5.45. The summed E-state index contributed by atoms with van der Waals surface area (Å²) in [6, 6.07) is 8.95. The number of nitrogens with zero attached hydrogens (tertiary/aromatic N) is 1. The molecule has 2 aliphatic rings. The number of hydrogen-bond acceptors (Lipinski definition) is 2. The summed E-state index contributed by atoms with van der Waals surface area (Å²) in [4.78, 5) is 2.60. The van der Waals surface area contributed by atoms with Crippen molar-refractivity contribution in [1.29, 1.82) is 0 Å². The Kier molecular flexibility index (Phi) is 5.56. The van der Waals surface area contributed by atoms with Crippen molar-refractivity contribution < 1.29 is 0 Å². The first-order valence-corrected chi connectivity index (χ1v) is 8.90. The second kappa shape index (κ2) is 7.62. The van der Waals surface area contributed by atoms with Crippen LogP contribution in [0.25, 0.3) is 0 Å². The van der Waals surface area contributed by atoms with Gasteiger partial charge >= 0.3 is 0 Å². The second-order valence-corrected chi connectivity index (χ2v) is 7.05. The zero-order chi connectivity index (χ0) is 14.5. The van der Waals surface area contributed by atoms with Gasteiger partial charge in [-0.3, -0.25) is 4.90 Å². The molecule has 2 fully saturated rings. The van der Waals surface area contributed by atoms with E-state index >= 15 is 0 Å². The topological polar surface area (TPSA) is 15.3 Å². The fourth-order valence-corrected chi connectivity index (χ4v) is 4.08. The molecule has 1 N–H and O–H groups in total. The van der Waals surface area contributed by atoms with Crippen molar-refractivity contribution in [3.63, 3.8) is 0 Å². The quantitative estimate of drug-likeness (QED) is 0.905. The van der Waals surface area contributed by atoms with Crippen molar-refractivity contribution in [3.05, 3.63) is 34.9 Å². The first kappa shape index (κ1) is 15.3. The molecule has 1 aliphatic heterocycles.